The Morgan fingerprint density at radius 1 is 1.05 bits per heavy atom. The van der Waals surface area contributed by atoms with Crippen LogP contribution in [-0.4, -0.2) is 13.3 Å². The Morgan fingerprint density at radius 2 is 1.67 bits per heavy atom. The third kappa shape index (κ3) is 3.80. The van der Waals surface area contributed by atoms with E-state index in [1.807, 2.05) is 0 Å². The molecule has 2 aromatic carbocycles. The van der Waals surface area contributed by atoms with Crippen LogP contribution in [0.4, 0.5) is 5.69 Å². The van der Waals surface area contributed by atoms with Crippen molar-refractivity contribution in [1.29, 1.82) is 0 Å². The molecule has 21 heavy (non-hydrogen) atoms. The van der Waals surface area contributed by atoms with Crippen LogP contribution in [0, 0.1) is 10.1 Å². The number of benzene rings is 2. The Labute approximate surface area is 137 Å². The van der Waals surface area contributed by atoms with E-state index in [1.54, 1.807) is 12.1 Å². The number of halogens is 2. The third-order valence-electron chi connectivity index (χ3n) is 2.42. The molecule has 0 amide bonds. The van der Waals surface area contributed by atoms with Crippen LogP contribution in [-0.2, 0) is 10.1 Å². The average Bonchev–Trinajstić information content (AvgIpc) is 2.38. The minimum absolute atomic E-state index is 0.00424. The molecule has 0 spiro atoms. The van der Waals surface area contributed by atoms with Gasteiger partial charge in [-0.3, -0.25) is 10.1 Å². The minimum Gasteiger partial charge on any atom is -0.379 e. The Morgan fingerprint density at radius 3 is 2.19 bits per heavy atom. The molecule has 9 heteroatoms. The average molecular weight is 437 g/mol. The molecule has 110 valence electrons. The molecule has 0 radical (unpaired) electrons. The lowest BCUT2D eigenvalue weighted by Gasteiger charge is -2.08. The van der Waals surface area contributed by atoms with Crippen molar-refractivity contribution in [2.45, 2.75) is 4.90 Å². The number of nitro benzene ring substituents is 1. The number of hydrogen-bond acceptors (Lipinski definition) is 5. The maximum Gasteiger partial charge on any atom is 0.340 e. The molecule has 0 atom stereocenters. The van der Waals surface area contributed by atoms with Crippen molar-refractivity contribution >= 4 is 47.7 Å². The van der Waals surface area contributed by atoms with Crippen molar-refractivity contribution in [1.82, 2.24) is 0 Å². The van der Waals surface area contributed by atoms with Crippen LogP contribution in [0.25, 0.3) is 0 Å². The molecule has 2 aromatic rings. The molecule has 0 bridgehead atoms. The lowest BCUT2D eigenvalue weighted by Crippen LogP contribution is -2.10. The molecular formula is C12H7Br2NO5S. The van der Waals surface area contributed by atoms with E-state index in [9.17, 15) is 18.5 Å². The maximum atomic E-state index is 12.2. The number of nitrogens with zero attached hydrogens (tertiary/aromatic N) is 1. The minimum atomic E-state index is -4.03. The summed E-state index contributed by atoms with van der Waals surface area (Å²) in [7, 11) is -4.03. The van der Waals surface area contributed by atoms with Crippen LogP contribution >= 0.6 is 31.9 Å². The molecule has 0 saturated carbocycles. The van der Waals surface area contributed by atoms with E-state index in [0.29, 0.717) is 8.95 Å². The molecule has 2 rings (SSSR count). The van der Waals surface area contributed by atoms with Gasteiger partial charge in [-0.25, -0.2) is 0 Å². The SMILES string of the molecule is O=[N+]([O-])c1ccc(OS(=O)(=O)c2ccc(Br)cc2Br)cc1. The standard InChI is InChI=1S/C12H7Br2NO5S/c13-8-1-6-12(11(14)7-8)21(18,19)20-10-4-2-9(3-5-10)15(16)17/h1-7H. The van der Waals surface area contributed by atoms with Crippen LogP contribution in [0.1, 0.15) is 0 Å². The highest BCUT2D eigenvalue weighted by atomic mass is 79.9. The van der Waals surface area contributed by atoms with E-state index in [4.69, 9.17) is 4.18 Å². The zero-order valence-corrected chi connectivity index (χ0v) is 14.2. The second-order valence-electron chi connectivity index (χ2n) is 3.86. The summed E-state index contributed by atoms with van der Waals surface area (Å²) >= 11 is 6.37. The second-order valence-corrected chi connectivity index (χ2v) is 7.15. The van der Waals surface area contributed by atoms with Gasteiger partial charge >= 0.3 is 10.1 Å². The van der Waals surface area contributed by atoms with Crippen LogP contribution < -0.4 is 4.18 Å². The molecule has 0 heterocycles. The van der Waals surface area contributed by atoms with Gasteiger partial charge < -0.3 is 4.18 Å². The van der Waals surface area contributed by atoms with Gasteiger partial charge in [-0.1, -0.05) is 15.9 Å². The van der Waals surface area contributed by atoms with Gasteiger partial charge in [0.25, 0.3) is 5.69 Å². The molecule has 0 N–H and O–H groups in total. The van der Waals surface area contributed by atoms with Crippen LogP contribution in [0.3, 0.4) is 0 Å². The fourth-order valence-electron chi connectivity index (χ4n) is 1.47. The number of nitro groups is 1. The lowest BCUT2D eigenvalue weighted by molar-refractivity contribution is -0.384. The molecule has 0 saturated heterocycles. The molecule has 0 fully saturated rings. The van der Waals surface area contributed by atoms with Gasteiger partial charge in [-0.2, -0.15) is 8.42 Å². The third-order valence-corrected chi connectivity index (χ3v) is 5.14. The predicted molar refractivity (Wildman–Crippen MR) is 82.8 cm³/mol. The van der Waals surface area contributed by atoms with E-state index in [-0.39, 0.29) is 16.3 Å². The Bertz CT molecular complexity index is 790. The quantitative estimate of drug-likeness (QED) is 0.412. The van der Waals surface area contributed by atoms with Gasteiger partial charge in [0.05, 0.1) is 4.92 Å². The van der Waals surface area contributed by atoms with Crippen molar-refractivity contribution in [3.05, 3.63) is 61.5 Å². The summed E-state index contributed by atoms with van der Waals surface area (Å²) in [6, 6.07) is 9.31. The fourth-order valence-corrected chi connectivity index (χ4v) is 4.10. The van der Waals surface area contributed by atoms with E-state index in [0.717, 1.165) is 0 Å². The van der Waals surface area contributed by atoms with Crippen molar-refractivity contribution in [2.24, 2.45) is 0 Å². The highest BCUT2D eigenvalue weighted by Crippen LogP contribution is 2.28. The van der Waals surface area contributed by atoms with E-state index in [2.05, 4.69) is 31.9 Å². The summed E-state index contributed by atoms with van der Waals surface area (Å²) in [6.07, 6.45) is 0. The molecular weight excluding hydrogens is 430 g/mol. The van der Waals surface area contributed by atoms with Gasteiger partial charge in [-0.15, -0.1) is 0 Å². The van der Waals surface area contributed by atoms with E-state index >= 15 is 0 Å². The Hall–Kier alpha value is -1.45. The van der Waals surface area contributed by atoms with Gasteiger partial charge in [-0.05, 0) is 46.3 Å². The number of rotatable bonds is 4. The van der Waals surface area contributed by atoms with Crippen molar-refractivity contribution in [3.8, 4) is 5.75 Å². The van der Waals surface area contributed by atoms with E-state index < -0.39 is 15.0 Å². The molecule has 0 aliphatic heterocycles. The number of non-ortho nitro benzene ring substituents is 1. The molecule has 6 nitrogen and oxygen atoms in total. The first-order valence-corrected chi connectivity index (χ1v) is 8.43. The highest BCUT2D eigenvalue weighted by molar-refractivity contribution is 9.11. The highest BCUT2D eigenvalue weighted by Gasteiger charge is 2.20. The van der Waals surface area contributed by atoms with Crippen LogP contribution in [0.2, 0.25) is 0 Å². The largest absolute Gasteiger partial charge is 0.379 e. The van der Waals surface area contributed by atoms with Gasteiger partial charge in [0.15, 0.2) is 0 Å². The predicted octanol–water partition coefficient (Wildman–Crippen LogP) is 3.89. The molecule has 0 aromatic heterocycles. The summed E-state index contributed by atoms with van der Waals surface area (Å²) in [5, 5.41) is 10.5. The van der Waals surface area contributed by atoms with Crippen molar-refractivity contribution in [3.63, 3.8) is 0 Å². The van der Waals surface area contributed by atoms with Crippen LogP contribution in [0.5, 0.6) is 5.75 Å². The summed E-state index contributed by atoms with van der Waals surface area (Å²) in [5.41, 5.74) is -0.149. The zero-order valence-electron chi connectivity index (χ0n) is 10.2. The molecule has 0 aliphatic rings. The van der Waals surface area contributed by atoms with Gasteiger partial charge in [0.2, 0.25) is 0 Å². The molecule has 0 aliphatic carbocycles. The summed E-state index contributed by atoms with van der Waals surface area (Å²) in [5.74, 6) is -0.00424. The first-order chi connectivity index (χ1) is 9.79. The number of hydrogen-bond donors (Lipinski definition) is 0. The smallest absolute Gasteiger partial charge is 0.340 e. The first-order valence-electron chi connectivity index (χ1n) is 5.43. The van der Waals surface area contributed by atoms with Gasteiger partial charge in [0, 0.05) is 21.1 Å². The summed E-state index contributed by atoms with van der Waals surface area (Å²) in [4.78, 5) is 9.91. The van der Waals surface area contributed by atoms with Crippen LogP contribution in [0.15, 0.2) is 56.3 Å². The topological polar surface area (TPSA) is 86.5 Å². The second kappa shape index (κ2) is 6.12. The van der Waals surface area contributed by atoms with Crippen molar-refractivity contribution < 1.29 is 17.5 Å². The fraction of sp³-hybridized carbons (Fsp3) is 0. The molecule has 0 unspecified atom stereocenters. The summed E-state index contributed by atoms with van der Waals surface area (Å²) < 4.78 is 30.3. The van der Waals surface area contributed by atoms with E-state index in [1.165, 1.54) is 30.3 Å². The van der Waals surface area contributed by atoms with Crippen molar-refractivity contribution in [2.75, 3.05) is 0 Å². The maximum absolute atomic E-state index is 12.2. The summed E-state index contributed by atoms with van der Waals surface area (Å²) in [6.45, 7) is 0. The first kappa shape index (κ1) is 15.9. The Kier molecular flexibility index (Phi) is 4.64. The Balaban J connectivity index is 2.30. The monoisotopic (exact) mass is 435 g/mol. The lowest BCUT2D eigenvalue weighted by atomic mass is 10.3. The zero-order chi connectivity index (χ0) is 15.6. The van der Waals surface area contributed by atoms with Gasteiger partial charge in [0.1, 0.15) is 10.6 Å². The normalized spacial score (nSPS) is 11.1.